The number of amides is 1. The minimum atomic E-state index is -4.51. The fourth-order valence-electron chi connectivity index (χ4n) is 3.23. The lowest BCUT2D eigenvalue weighted by Crippen LogP contribution is -2.55. The van der Waals surface area contributed by atoms with Gasteiger partial charge in [-0.2, -0.15) is 13.2 Å². The Morgan fingerprint density at radius 3 is 2.48 bits per heavy atom. The molecule has 9 heteroatoms. The fraction of sp³-hybridized carbons (Fsp3) is 0.688. The Morgan fingerprint density at radius 1 is 1.24 bits per heavy atom. The molecule has 0 aliphatic carbocycles. The maximum Gasteiger partial charge on any atom is 0.433 e. The average molecular weight is 358 g/mol. The summed E-state index contributed by atoms with van der Waals surface area (Å²) >= 11 is 0. The molecule has 6 nitrogen and oxygen atoms in total. The largest absolute Gasteiger partial charge is 0.433 e. The Kier molecular flexibility index (Phi) is 4.61. The van der Waals surface area contributed by atoms with E-state index in [0.717, 1.165) is 12.5 Å². The van der Waals surface area contributed by atoms with Gasteiger partial charge in [0.2, 0.25) is 5.95 Å². The molecule has 3 heterocycles. The SMILES string of the molecule is Cc1cc(C(F)(F)F)nc(N2CCN(C(=O)[C@]3(C)CCCO3)CC2)n1. The maximum atomic E-state index is 12.9. The summed E-state index contributed by atoms with van der Waals surface area (Å²) in [5, 5.41) is 0. The molecule has 0 saturated carbocycles. The van der Waals surface area contributed by atoms with Gasteiger partial charge in [0.15, 0.2) is 0 Å². The number of carbonyl (C=O) groups excluding carboxylic acids is 1. The molecule has 138 valence electrons. The highest BCUT2D eigenvalue weighted by Gasteiger charge is 2.41. The molecule has 0 radical (unpaired) electrons. The van der Waals surface area contributed by atoms with Crippen LogP contribution in [0.2, 0.25) is 0 Å². The highest BCUT2D eigenvalue weighted by molar-refractivity contribution is 5.85. The van der Waals surface area contributed by atoms with E-state index >= 15 is 0 Å². The van der Waals surface area contributed by atoms with Crippen molar-refractivity contribution in [3.05, 3.63) is 17.5 Å². The van der Waals surface area contributed by atoms with Crippen LogP contribution in [0.15, 0.2) is 6.07 Å². The van der Waals surface area contributed by atoms with Crippen molar-refractivity contribution in [3.63, 3.8) is 0 Å². The molecule has 2 aliphatic rings. The smallest absolute Gasteiger partial charge is 0.365 e. The number of aryl methyl sites for hydroxylation is 1. The molecule has 1 aromatic rings. The molecule has 0 unspecified atom stereocenters. The van der Waals surface area contributed by atoms with Crippen molar-refractivity contribution in [1.82, 2.24) is 14.9 Å². The van der Waals surface area contributed by atoms with Crippen molar-refractivity contribution in [3.8, 4) is 0 Å². The molecule has 2 fully saturated rings. The molecule has 2 aliphatic heterocycles. The van der Waals surface area contributed by atoms with Crippen LogP contribution in [0.3, 0.4) is 0 Å². The number of halogens is 3. The molecular formula is C16H21F3N4O2. The minimum Gasteiger partial charge on any atom is -0.365 e. The lowest BCUT2D eigenvalue weighted by atomic mass is 10.0. The molecule has 25 heavy (non-hydrogen) atoms. The third-order valence-corrected chi connectivity index (χ3v) is 4.65. The Labute approximate surface area is 144 Å². The van der Waals surface area contributed by atoms with Crippen LogP contribution in [0.4, 0.5) is 19.1 Å². The average Bonchev–Trinajstić information content (AvgIpc) is 3.01. The van der Waals surface area contributed by atoms with Crippen molar-refractivity contribution in [1.29, 1.82) is 0 Å². The summed E-state index contributed by atoms with van der Waals surface area (Å²) in [5.74, 6) is 0.00791. The van der Waals surface area contributed by atoms with Gasteiger partial charge in [0.1, 0.15) is 11.3 Å². The first-order valence-electron chi connectivity index (χ1n) is 8.30. The lowest BCUT2D eigenvalue weighted by Gasteiger charge is -2.38. The second kappa shape index (κ2) is 6.44. The zero-order chi connectivity index (χ0) is 18.2. The number of hydrogen-bond donors (Lipinski definition) is 0. The summed E-state index contributed by atoms with van der Waals surface area (Å²) < 4.78 is 44.3. The van der Waals surface area contributed by atoms with E-state index in [1.807, 2.05) is 0 Å². The van der Waals surface area contributed by atoms with Crippen molar-refractivity contribution in [2.45, 2.75) is 38.5 Å². The monoisotopic (exact) mass is 358 g/mol. The summed E-state index contributed by atoms with van der Waals surface area (Å²) in [4.78, 5) is 23.8. The Bertz CT molecular complexity index is 651. The van der Waals surface area contributed by atoms with Crippen LogP contribution in [-0.4, -0.2) is 59.2 Å². The summed E-state index contributed by atoms with van der Waals surface area (Å²) in [6.07, 6.45) is -2.95. The van der Waals surface area contributed by atoms with Crippen LogP contribution in [0.1, 0.15) is 31.2 Å². The molecule has 1 atom stereocenters. The topological polar surface area (TPSA) is 58.6 Å². The van der Waals surface area contributed by atoms with E-state index in [0.29, 0.717) is 39.2 Å². The van der Waals surface area contributed by atoms with E-state index in [1.54, 1.807) is 16.7 Å². The molecule has 0 bridgehead atoms. The van der Waals surface area contributed by atoms with Crippen molar-refractivity contribution >= 4 is 11.9 Å². The van der Waals surface area contributed by atoms with Gasteiger partial charge in [0.05, 0.1) is 0 Å². The van der Waals surface area contributed by atoms with Gasteiger partial charge in [0, 0.05) is 38.5 Å². The van der Waals surface area contributed by atoms with Crippen LogP contribution >= 0.6 is 0 Å². The number of carbonyl (C=O) groups is 1. The maximum absolute atomic E-state index is 12.9. The number of piperazine rings is 1. The Balaban J connectivity index is 1.68. The molecule has 1 amide bonds. The lowest BCUT2D eigenvalue weighted by molar-refractivity contribution is -0.151. The first-order valence-corrected chi connectivity index (χ1v) is 8.30. The summed E-state index contributed by atoms with van der Waals surface area (Å²) in [6, 6.07) is 0.932. The van der Waals surface area contributed by atoms with Gasteiger partial charge >= 0.3 is 6.18 Å². The number of ether oxygens (including phenoxy) is 1. The molecule has 0 N–H and O–H groups in total. The second-order valence-electron chi connectivity index (χ2n) is 6.65. The third-order valence-electron chi connectivity index (χ3n) is 4.65. The van der Waals surface area contributed by atoms with E-state index in [4.69, 9.17) is 4.74 Å². The standard InChI is InChI=1S/C16H21F3N4O2/c1-11-10-12(16(17,18)19)21-14(20-11)23-7-5-22(6-8-23)13(24)15(2)4-3-9-25-15/h10H,3-9H2,1-2H3/t15-/m0/s1. The van der Waals surface area contributed by atoms with Gasteiger partial charge in [-0.3, -0.25) is 4.79 Å². The van der Waals surface area contributed by atoms with Gasteiger partial charge < -0.3 is 14.5 Å². The van der Waals surface area contributed by atoms with Crippen molar-refractivity contribution in [2.24, 2.45) is 0 Å². The van der Waals surface area contributed by atoms with Gasteiger partial charge in [-0.15, -0.1) is 0 Å². The van der Waals surface area contributed by atoms with Crippen molar-refractivity contribution in [2.75, 3.05) is 37.7 Å². The van der Waals surface area contributed by atoms with Crippen LogP contribution in [0.25, 0.3) is 0 Å². The van der Waals surface area contributed by atoms with Gasteiger partial charge in [-0.05, 0) is 32.8 Å². The quantitative estimate of drug-likeness (QED) is 0.810. The van der Waals surface area contributed by atoms with Crippen LogP contribution < -0.4 is 4.90 Å². The van der Waals surface area contributed by atoms with E-state index < -0.39 is 17.5 Å². The summed E-state index contributed by atoms with van der Waals surface area (Å²) in [7, 11) is 0. The summed E-state index contributed by atoms with van der Waals surface area (Å²) in [6.45, 7) is 5.50. The zero-order valence-corrected chi connectivity index (χ0v) is 14.3. The van der Waals surface area contributed by atoms with Gasteiger partial charge in [-0.1, -0.05) is 0 Å². The van der Waals surface area contributed by atoms with E-state index in [2.05, 4.69) is 9.97 Å². The Morgan fingerprint density at radius 2 is 1.92 bits per heavy atom. The first-order chi connectivity index (χ1) is 11.7. The van der Waals surface area contributed by atoms with Gasteiger partial charge in [0.25, 0.3) is 5.91 Å². The van der Waals surface area contributed by atoms with Crippen molar-refractivity contribution < 1.29 is 22.7 Å². The normalized spacial score (nSPS) is 24.7. The van der Waals surface area contributed by atoms with Crippen LogP contribution in [-0.2, 0) is 15.7 Å². The zero-order valence-electron chi connectivity index (χ0n) is 14.3. The number of hydrogen-bond acceptors (Lipinski definition) is 5. The molecule has 2 saturated heterocycles. The third kappa shape index (κ3) is 3.70. The minimum absolute atomic E-state index is 0.0502. The first kappa shape index (κ1) is 17.9. The van der Waals surface area contributed by atoms with Gasteiger partial charge in [-0.25, -0.2) is 9.97 Å². The second-order valence-corrected chi connectivity index (χ2v) is 6.65. The molecule has 3 rings (SSSR count). The number of aromatic nitrogens is 2. The Hall–Kier alpha value is -1.90. The number of anilines is 1. The van der Waals surface area contributed by atoms with E-state index in [9.17, 15) is 18.0 Å². The molecular weight excluding hydrogens is 337 g/mol. The molecule has 1 aromatic heterocycles. The van der Waals surface area contributed by atoms with Crippen LogP contribution in [0.5, 0.6) is 0 Å². The number of nitrogens with zero attached hydrogens (tertiary/aromatic N) is 4. The number of alkyl halides is 3. The number of rotatable bonds is 2. The van der Waals surface area contributed by atoms with E-state index in [-0.39, 0.29) is 17.5 Å². The van der Waals surface area contributed by atoms with E-state index in [1.165, 1.54) is 6.92 Å². The molecule has 0 spiro atoms. The van der Waals surface area contributed by atoms with Crippen LogP contribution in [0, 0.1) is 6.92 Å². The highest BCUT2D eigenvalue weighted by Crippen LogP contribution is 2.30. The molecule has 0 aromatic carbocycles. The summed E-state index contributed by atoms with van der Waals surface area (Å²) in [5.41, 5.74) is -1.45. The predicted octanol–water partition coefficient (Wildman–Crippen LogP) is 2.02. The highest BCUT2D eigenvalue weighted by atomic mass is 19.4. The predicted molar refractivity (Wildman–Crippen MR) is 84.2 cm³/mol. The fourth-order valence-corrected chi connectivity index (χ4v) is 3.23.